The van der Waals surface area contributed by atoms with Crippen LogP contribution < -0.4 is 10.5 Å². The van der Waals surface area contributed by atoms with E-state index in [4.69, 9.17) is 9.15 Å². The van der Waals surface area contributed by atoms with Gasteiger partial charge in [0.15, 0.2) is 5.58 Å². The quantitative estimate of drug-likeness (QED) is 0.704. The van der Waals surface area contributed by atoms with Gasteiger partial charge >= 0.3 is 11.8 Å². The molecule has 1 aliphatic rings. The summed E-state index contributed by atoms with van der Waals surface area (Å²) in [5, 5.41) is 0. The lowest BCUT2D eigenvalue weighted by molar-refractivity contribution is -0.134. The van der Waals surface area contributed by atoms with Gasteiger partial charge in [-0.25, -0.2) is 14.8 Å². The van der Waals surface area contributed by atoms with Crippen molar-refractivity contribution in [2.75, 3.05) is 13.1 Å². The van der Waals surface area contributed by atoms with Crippen LogP contribution in [0.2, 0.25) is 0 Å². The number of likely N-dealkylation sites (tertiary alicyclic amines) is 1. The Morgan fingerprint density at radius 2 is 2.04 bits per heavy atom. The molecule has 8 heteroatoms. The summed E-state index contributed by atoms with van der Waals surface area (Å²) in [6.07, 6.45) is 4.73. The highest BCUT2D eigenvalue weighted by Crippen LogP contribution is 2.17. The molecule has 3 heterocycles. The molecule has 1 aliphatic heterocycles. The maximum Gasteiger partial charge on any atom is 0.420 e. The average Bonchev–Trinajstić information content (AvgIpc) is 2.98. The molecule has 1 unspecified atom stereocenters. The molecule has 0 aliphatic carbocycles. The van der Waals surface area contributed by atoms with Crippen molar-refractivity contribution in [3.8, 4) is 6.01 Å². The number of carbonyl (C=O) groups excluding carboxylic acids is 1. The molecule has 1 saturated heterocycles. The van der Waals surface area contributed by atoms with Crippen LogP contribution in [0.1, 0.15) is 12.8 Å². The fourth-order valence-corrected chi connectivity index (χ4v) is 3.16. The van der Waals surface area contributed by atoms with E-state index in [1.54, 1.807) is 41.6 Å². The van der Waals surface area contributed by atoms with Gasteiger partial charge in [-0.05, 0) is 31.0 Å². The summed E-state index contributed by atoms with van der Waals surface area (Å²) in [5.41, 5.74) is 1.10. The van der Waals surface area contributed by atoms with Crippen LogP contribution in [-0.2, 0) is 11.3 Å². The van der Waals surface area contributed by atoms with E-state index < -0.39 is 5.76 Å². The van der Waals surface area contributed by atoms with Crippen LogP contribution in [0.5, 0.6) is 6.01 Å². The van der Waals surface area contributed by atoms with E-state index in [1.165, 1.54) is 4.57 Å². The Morgan fingerprint density at radius 3 is 2.88 bits per heavy atom. The molecule has 1 aromatic carbocycles. The average molecular weight is 354 g/mol. The first-order valence-corrected chi connectivity index (χ1v) is 8.50. The number of fused-ring (bicyclic) bond motifs is 1. The first kappa shape index (κ1) is 16.3. The van der Waals surface area contributed by atoms with Crippen LogP contribution in [0.25, 0.3) is 11.1 Å². The molecule has 4 rings (SSSR count). The molecule has 0 N–H and O–H groups in total. The molecule has 8 nitrogen and oxygen atoms in total. The number of carbonyl (C=O) groups is 1. The van der Waals surface area contributed by atoms with Gasteiger partial charge in [-0.15, -0.1) is 0 Å². The maximum absolute atomic E-state index is 12.7. The standard InChI is InChI=1S/C18H18N4O4/c23-16(12-22-14-6-1-2-7-15(14)26-18(22)24)21-10-3-5-13(11-21)25-17-19-8-4-9-20-17/h1-2,4,6-9,13H,3,5,10-12H2. The second kappa shape index (κ2) is 6.99. The van der Waals surface area contributed by atoms with E-state index in [2.05, 4.69) is 9.97 Å². The van der Waals surface area contributed by atoms with E-state index >= 15 is 0 Å². The summed E-state index contributed by atoms with van der Waals surface area (Å²) in [4.78, 5) is 34.6. The van der Waals surface area contributed by atoms with Gasteiger partial charge in [0, 0.05) is 18.9 Å². The number of ether oxygens (including phenoxy) is 1. The second-order valence-corrected chi connectivity index (χ2v) is 6.18. The fourth-order valence-electron chi connectivity index (χ4n) is 3.16. The van der Waals surface area contributed by atoms with Crippen molar-refractivity contribution in [3.63, 3.8) is 0 Å². The normalized spacial score (nSPS) is 17.4. The van der Waals surface area contributed by atoms with Crippen molar-refractivity contribution < 1.29 is 13.9 Å². The molecule has 26 heavy (non-hydrogen) atoms. The molecular formula is C18H18N4O4. The lowest BCUT2D eigenvalue weighted by Crippen LogP contribution is -2.46. The topological polar surface area (TPSA) is 90.5 Å². The lowest BCUT2D eigenvalue weighted by atomic mass is 10.1. The number of hydrogen-bond acceptors (Lipinski definition) is 6. The van der Waals surface area contributed by atoms with Crippen molar-refractivity contribution in [1.29, 1.82) is 0 Å². The van der Waals surface area contributed by atoms with E-state index in [9.17, 15) is 9.59 Å². The van der Waals surface area contributed by atoms with Gasteiger partial charge < -0.3 is 14.1 Å². The number of para-hydroxylation sites is 2. The summed E-state index contributed by atoms with van der Waals surface area (Å²) in [5.74, 6) is -0.664. The number of piperidine rings is 1. The van der Waals surface area contributed by atoms with E-state index in [0.29, 0.717) is 30.2 Å². The van der Waals surface area contributed by atoms with Crippen LogP contribution in [0.4, 0.5) is 0 Å². The molecule has 0 saturated carbocycles. The molecule has 2 aromatic heterocycles. The van der Waals surface area contributed by atoms with Crippen LogP contribution in [0, 0.1) is 0 Å². The molecule has 1 fully saturated rings. The van der Waals surface area contributed by atoms with Gasteiger partial charge in [0.25, 0.3) is 0 Å². The van der Waals surface area contributed by atoms with E-state index in [1.807, 2.05) is 6.07 Å². The Hall–Kier alpha value is -3.16. The minimum atomic E-state index is -0.526. The first-order valence-electron chi connectivity index (χ1n) is 8.50. The monoisotopic (exact) mass is 354 g/mol. The summed E-state index contributed by atoms with van der Waals surface area (Å²) in [7, 11) is 0. The Morgan fingerprint density at radius 1 is 1.23 bits per heavy atom. The highest BCUT2D eigenvalue weighted by molar-refractivity contribution is 5.79. The third-order valence-electron chi connectivity index (χ3n) is 4.41. The Bertz CT molecular complexity index is 966. The maximum atomic E-state index is 12.7. The van der Waals surface area contributed by atoms with Crippen LogP contribution in [0.3, 0.4) is 0 Å². The third-order valence-corrected chi connectivity index (χ3v) is 4.41. The predicted octanol–water partition coefficient (Wildman–Crippen LogP) is 1.45. The van der Waals surface area contributed by atoms with E-state index in [-0.39, 0.29) is 18.6 Å². The second-order valence-electron chi connectivity index (χ2n) is 6.18. The molecule has 0 spiro atoms. The SMILES string of the molecule is O=C(Cn1c(=O)oc2ccccc21)N1CCCC(Oc2ncccn2)C1. The Balaban J connectivity index is 1.46. The van der Waals surface area contributed by atoms with Crippen LogP contribution in [-0.4, -0.2) is 44.5 Å². The van der Waals surface area contributed by atoms with Gasteiger partial charge in [-0.1, -0.05) is 12.1 Å². The minimum Gasteiger partial charge on any atom is -0.458 e. The minimum absolute atomic E-state index is 0.0512. The highest BCUT2D eigenvalue weighted by Gasteiger charge is 2.26. The number of benzene rings is 1. The molecule has 1 amide bonds. The zero-order chi connectivity index (χ0) is 17.9. The Labute approximate surface area is 149 Å². The summed E-state index contributed by atoms with van der Waals surface area (Å²) in [6.45, 7) is 1.03. The smallest absolute Gasteiger partial charge is 0.420 e. The van der Waals surface area contributed by atoms with Gasteiger partial charge in [0.05, 0.1) is 12.1 Å². The first-order chi connectivity index (χ1) is 12.7. The van der Waals surface area contributed by atoms with E-state index in [0.717, 1.165) is 12.8 Å². The number of hydrogen-bond donors (Lipinski definition) is 0. The highest BCUT2D eigenvalue weighted by atomic mass is 16.5. The zero-order valence-electron chi connectivity index (χ0n) is 14.1. The molecule has 3 aromatic rings. The van der Waals surface area contributed by atoms with Crippen molar-refractivity contribution in [2.45, 2.75) is 25.5 Å². The number of rotatable bonds is 4. The summed E-state index contributed by atoms with van der Waals surface area (Å²) >= 11 is 0. The van der Waals surface area contributed by atoms with Gasteiger partial charge in [0.2, 0.25) is 5.91 Å². The zero-order valence-corrected chi connectivity index (χ0v) is 14.1. The molecule has 0 bridgehead atoms. The summed E-state index contributed by atoms with van der Waals surface area (Å²) in [6, 6.07) is 9.10. The molecule has 0 radical (unpaired) electrons. The molecular weight excluding hydrogens is 336 g/mol. The van der Waals surface area contributed by atoms with Crippen molar-refractivity contribution in [3.05, 3.63) is 53.3 Å². The van der Waals surface area contributed by atoms with Crippen molar-refractivity contribution in [2.24, 2.45) is 0 Å². The molecule has 134 valence electrons. The van der Waals surface area contributed by atoms with Crippen molar-refractivity contribution in [1.82, 2.24) is 19.4 Å². The number of oxazole rings is 1. The van der Waals surface area contributed by atoms with Crippen LogP contribution >= 0.6 is 0 Å². The lowest BCUT2D eigenvalue weighted by Gasteiger charge is -2.32. The fraction of sp³-hybridized carbons (Fsp3) is 0.333. The Kier molecular flexibility index (Phi) is 4.39. The van der Waals surface area contributed by atoms with Crippen LogP contribution in [0.15, 0.2) is 51.9 Å². The number of nitrogens with zero attached hydrogens (tertiary/aromatic N) is 4. The third kappa shape index (κ3) is 3.30. The van der Waals surface area contributed by atoms with Crippen molar-refractivity contribution >= 4 is 17.0 Å². The van der Waals surface area contributed by atoms with Gasteiger partial charge in [0.1, 0.15) is 12.6 Å². The number of aromatic nitrogens is 3. The summed E-state index contributed by atoms with van der Waals surface area (Å²) < 4.78 is 12.3. The van der Waals surface area contributed by atoms with Gasteiger partial charge in [-0.2, -0.15) is 0 Å². The number of amides is 1. The largest absolute Gasteiger partial charge is 0.458 e. The van der Waals surface area contributed by atoms with Gasteiger partial charge in [-0.3, -0.25) is 9.36 Å². The predicted molar refractivity (Wildman–Crippen MR) is 92.7 cm³/mol. The molecule has 1 atom stereocenters.